The minimum Gasteiger partial charge on any atom is -0.395 e. The molecule has 1 saturated heterocycles. The number of carbonyl (C=O) groups excluding carboxylic acids is 1. The topological polar surface area (TPSA) is 43.8 Å². The van der Waals surface area contributed by atoms with Crippen LogP contribution in [0, 0.1) is 0 Å². The quantitative estimate of drug-likeness (QED) is 0.783. The first kappa shape index (κ1) is 15.4. The highest BCUT2D eigenvalue weighted by molar-refractivity contribution is 5.79. The molecule has 0 aromatic heterocycles. The van der Waals surface area contributed by atoms with Gasteiger partial charge in [-0.25, -0.2) is 0 Å². The van der Waals surface area contributed by atoms with Crippen molar-refractivity contribution in [2.24, 2.45) is 0 Å². The monoisotopic (exact) mass is 256 g/mol. The van der Waals surface area contributed by atoms with E-state index in [2.05, 4.69) is 25.7 Å². The zero-order valence-corrected chi connectivity index (χ0v) is 12.1. The van der Waals surface area contributed by atoms with Crippen molar-refractivity contribution in [3.63, 3.8) is 0 Å². The lowest BCUT2D eigenvalue weighted by molar-refractivity contribution is -0.138. The molecule has 106 valence electrons. The zero-order valence-electron chi connectivity index (χ0n) is 12.1. The Morgan fingerprint density at radius 3 is 2.39 bits per heavy atom. The largest absolute Gasteiger partial charge is 0.395 e. The second-order valence-electron chi connectivity index (χ2n) is 5.43. The maximum absolute atomic E-state index is 12.4. The Hall–Kier alpha value is -0.610. The number of amides is 1. The Labute approximate surface area is 111 Å². The summed E-state index contributed by atoms with van der Waals surface area (Å²) in [6.45, 7) is 8.43. The normalized spacial score (nSPS) is 24.6. The van der Waals surface area contributed by atoms with Crippen molar-refractivity contribution in [2.75, 3.05) is 26.2 Å². The molecular weight excluding hydrogens is 228 g/mol. The molecule has 0 aromatic rings. The highest BCUT2D eigenvalue weighted by atomic mass is 16.3. The number of nitrogens with zero attached hydrogens (tertiary/aromatic N) is 2. The molecule has 0 saturated carbocycles. The van der Waals surface area contributed by atoms with Crippen molar-refractivity contribution in [1.29, 1.82) is 0 Å². The highest BCUT2D eigenvalue weighted by Crippen LogP contribution is 2.22. The number of carbonyl (C=O) groups is 1. The summed E-state index contributed by atoms with van der Waals surface area (Å²) in [7, 11) is 0. The summed E-state index contributed by atoms with van der Waals surface area (Å²) in [6.07, 6.45) is 4.47. The third-order valence-electron chi connectivity index (χ3n) is 3.80. The smallest absolute Gasteiger partial charge is 0.237 e. The second-order valence-corrected chi connectivity index (χ2v) is 5.43. The molecular formula is C14H28N2O2. The summed E-state index contributed by atoms with van der Waals surface area (Å²) in [5.41, 5.74) is 0. The number of aliphatic hydroxyl groups excluding tert-OH is 1. The van der Waals surface area contributed by atoms with E-state index in [9.17, 15) is 4.79 Å². The highest BCUT2D eigenvalue weighted by Gasteiger charge is 2.29. The van der Waals surface area contributed by atoms with E-state index in [0.29, 0.717) is 25.2 Å². The Balaban J connectivity index is 2.55. The lowest BCUT2D eigenvalue weighted by Crippen LogP contribution is -2.51. The summed E-state index contributed by atoms with van der Waals surface area (Å²) >= 11 is 0. The Morgan fingerprint density at radius 2 is 1.89 bits per heavy atom. The standard InChI is InChI=1S/C14H28N2O2/c1-4-8-15(9-10-17)11-14(18)16-12(2)6-5-7-13(16)3/h12-13,17H,4-11H2,1-3H3. The lowest BCUT2D eigenvalue weighted by atomic mass is 9.97. The van der Waals surface area contributed by atoms with E-state index >= 15 is 0 Å². The number of likely N-dealkylation sites (tertiary alicyclic amines) is 1. The van der Waals surface area contributed by atoms with Gasteiger partial charge in [-0.3, -0.25) is 9.69 Å². The van der Waals surface area contributed by atoms with Crippen LogP contribution in [0.15, 0.2) is 0 Å². The van der Waals surface area contributed by atoms with Crippen LogP contribution in [0.2, 0.25) is 0 Å². The van der Waals surface area contributed by atoms with E-state index in [4.69, 9.17) is 5.11 Å². The first-order chi connectivity index (χ1) is 8.60. The molecule has 0 aliphatic carbocycles. The molecule has 0 radical (unpaired) electrons. The number of hydrogen-bond donors (Lipinski definition) is 1. The Bertz CT molecular complexity index is 242. The third kappa shape index (κ3) is 4.25. The fraction of sp³-hybridized carbons (Fsp3) is 0.929. The average molecular weight is 256 g/mol. The summed E-state index contributed by atoms with van der Waals surface area (Å²) < 4.78 is 0. The van der Waals surface area contributed by atoms with Crippen LogP contribution in [0.25, 0.3) is 0 Å². The molecule has 0 spiro atoms. The van der Waals surface area contributed by atoms with Gasteiger partial charge in [-0.05, 0) is 46.1 Å². The van der Waals surface area contributed by atoms with Crippen LogP contribution in [0.5, 0.6) is 0 Å². The van der Waals surface area contributed by atoms with Crippen molar-refractivity contribution in [3.8, 4) is 0 Å². The van der Waals surface area contributed by atoms with Gasteiger partial charge < -0.3 is 10.0 Å². The Kier molecular flexibility index (Phi) is 6.65. The van der Waals surface area contributed by atoms with Crippen molar-refractivity contribution in [3.05, 3.63) is 0 Å². The van der Waals surface area contributed by atoms with Crippen LogP contribution < -0.4 is 0 Å². The van der Waals surface area contributed by atoms with Gasteiger partial charge in [-0.15, -0.1) is 0 Å². The number of rotatable bonds is 6. The first-order valence-corrected chi connectivity index (χ1v) is 7.24. The molecule has 4 nitrogen and oxygen atoms in total. The molecule has 18 heavy (non-hydrogen) atoms. The van der Waals surface area contributed by atoms with Crippen LogP contribution in [0.4, 0.5) is 0 Å². The minimum atomic E-state index is 0.123. The number of aliphatic hydroxyl groups is 1. The SMILES string of the molecule is CCCN(CCO)CC(=O)N1C(C)CCCC1C. The van der Waals surface area contributed by atoms with Gasteiger partial charge in [0.15, 0.2) is 0 Å². The molecule has 1 aliphatic heterocycles. The summed E-state index contributed by atoms with van der Waals surface area (Å²) in [6, 6.07) is 0.720. The lowest BCUT2D eigenvalue weighted by Gasteiger charge is -2.40. The molecule has 2 unspecified atom stereocenters. The van der Waals surface area contributed by atoms with Crippen LogP contribution in [0.1, 0.15) is 46.5 Å². The summed E-state index contributed by atoms with van der Waals surface area (Å²) in [5.74, 6) is 0.219. The summed E-state index contributed by atoms with van der Waals surface area (Å²) in [5, 5.41) is 9.02. The van der Waals surface area contributed by atoms with E-state index in [0.717, 1.165) is 25.8 Å². The predicted octanol–water partition coefficient (Wildman–Crippen LogP) is 1.48. The maximum Gasteiger partial charge on any atom is 0.237 e. The number of piperidine rings is 1. The van der Waals surface area contributed by atoms with Gasteiger partial charge in [0.25, 0.3) is 0 Å². The van der Waals surface area contributed by atoms with Crippen LogP contribution in [0.3, 0.4) is 0 Å². The van der Waals surface area contributed by atoms with Gasteiger partial charge in [0.2, 0.25) is 5.91 Å². The van der Waals surface area contributed by atoms with E-state index in [1.165, 1.54) is 6.42 Å². The molecule has 1 aliphatic rings. The van der Waals surface area contributed by atoms with E-state index in [-0.39, 0.29) is 12.5 Å². The molecule has 0 aromatic carbocycles. The van der Waals surface area contributed by atoms with Gasteiger partial charge in [-0.2, -0.15) is 0 Å². The van der Waals surface area contributed by atoms with E-state index in [1.807, 2.05) is 4.90 Å². The van der Waals surface area contributed by atoms with Crippen molar-refractivity contribution < 1.29 is 9.90 Å². The third-order valence-corrected chi connectivity index (χ3v) is 3.80. The molecule has 2 atom stereocenters. The van der Waals surface area contributed by atoms with Gasteiger partial charge >= 0.3 is 0 Å². The molecule has 4 heteroatoms. The maximum atomic E-state index is 12.4. The molecule has 1 fully saturated rings. The van der Waals surface area contributed by atoms with Gasteiger partial charge in [0, 0.05) is 18.6 Å². The fourth-order valence-corrected chi connectivity index (χ4v) is 2.91. The molecule has 1 rings (SSSR count). The Morgan fingerprint density at radius 1 is 1.28 bits per heavy atom. The fourth-order valence-electron chi connectivity index (χ4n) is 2.91. The predicted molar refractivity (Wildman–Crippen MR) is 73.4 cm³/mol. The van der Waals surface area contributed by atoms with Crippen LogP contribution in [-0.2, 0) is 4.79 Å². The van der Waals surface area contributed by atoms with Crippen molar-refractivity contribution >= 4 is 5.91 Å². The van der Waals surface area contributed by atoms with Crippen LogP contribution >= 0.6 is 0 Å². The van der Waals surface area contributed by atoms with Crippen molar-refractivity contribution in [1.82, 2.24) is 9.80 Å². The van der Waals surface area contributed by atoms with Crippen LogP contribution in [-0.4, -0.2) is 59.1 Å². The molecule has 1 heterocycles. The van der Waals surface area contributed by atoms with Gasteiger partial charge in [-0.1, -0.05) is 6.92 Å². The minimum absolute atomic E-state index is 0.123. The first-order valence-electron chi connectivity index (χ1n) is 7.24. The zero-order chi connectivity index (χ0) is 13.5. The number of hydrogen-bond acceptors (Lipinski definition) is 3. The van der Waals surface area contributed by atoms with E-state index < -0.39 is 0 Å². The molecule has 0 bridgehead atoms. The van der Waals surface area contributed by atoms with Gasteiger partial charge in [0.1, 0.15) is 0 Å². The van der Waals surface area contributed by atoms with E-state index in [1.54, 1.807) is 0 Å². The average Bonchev–Trinajstić information content (AvgIpc) is 2.29. The van der Waals surface area contributed by atoms with Gasteiger partial charge in [0.05, 0.1) is 13.2 Å². The van der Waals surface area contributed by atoms with Crippen molar-refractivity contribution in [2.45, 2.75) is 58.5 Å². The molecule has 1 amide bonds. The second kappa shape index (κ2) is 7.74. The molecule has 1 N–H and O–H groups in total. The summed E-state index contributed by atoms with van der Waals surface area (Å²) in [4.78, 5) is 16.5.